The summed E-state index contributed by atoms with van der Waals surface area (Å²) in [5, 5.41) is 2.65. The van der Waals surface area contributed by atoms with Crippen LogP contribution in [0.3, 0.4) is 0 Å². The summed E-state index contributed by atoms with van der Waals surface area (Å²) in [6.45, 7) is 2.06. The standard InChI is InChI=1S/C25H18BrClN2O4/c1-15-11-18(26)7-9-21(15)29-24(31)20(23(30)28-25(29)32)13-17-12-19(27)8-10-22(17)33-14-16-5-3-2-4-6-16/h2-13H,14H2,1H3,(H,28,30,32)/b20-13-. The highest BCUT2D eigenvalue weighted by molar-refractivity contribution is 9.10. The Morgan fingerprint density at radius 2 is 1.79 bits per heavy atom. The second-order valence-corrected chi connectivity index (χ2v) is 8.70. The third kappa shape index (κ3) is 4.99. The van der Waals surface area contributed by atoms with Crippen LogP contribution in [0.1, 0.15) is 16.7 Å². The van der Waals surface area contributed by atoms with Crippen molar-refractivity contribution in [3.63, 3.8) is 0 Å². The van der Waals surface area contributed by atoms with Gasteiger partial charge in [-0.3, -0.25) is 14.9 Å². The summed E-state index contributed by atoms with van der Waals surface area (Å²) in [4.78, 5) is 39.3. The number of barbiturate groups is 1. The van der Waals surface area contributed by atoms with Crippen molar-refractivity contribution in [2.75, 3.05) is 4.90 Å². The van der Waals surface area contributed by atoms with E-state index >= 15 is 0 Å². The summed E-state index contributed by atoms with van der Waals surface area (Å²) >= 11 is 9.54. The summed E-state index contributed by atoms with van der Waals surface area (Å²) in [6.07, 6.45) is 1.39. The maximum atomic E-state index is 13.3. The molecule has 4 rings (SSSR count). The van der Waals surface area contributed by atoms with Crippen LogP contribution in [0.5, 0.6) is 5.75 Å². The summed E-state index contributed by atoms with van der Waals surface area (Å²) in [6, 6.07) is 18.8. The Hall–Kier alpha value is -3.42. The smallest absolute Gasteiger partial charge is 0.335 e. The molecule has 3 aromatic carbocycles. The minimum Gasteiger partial charge on any atom is -0.488 e. The Morgan fingerprint density at radius 3 is 2.52 bits per heavy atom. The lowest BCUT2D eigenvalue weighted by molar-refractivity contribution is -0.122. The molecule has 0 unspecified atom stereocenters. The molecule has 1 N–H and O–H groups in total. The third-order valence-electron chi connectivity index (χ3n) is 5.01. The van der Waals surface area contributed by atoms with Crippen LogP contribution in [0.2, 0.25) is 5.02 Å². The molecule has 3 aromatic rings. The van der Waals surface area contributed by atoms with Gasteiger partial charge in [-0.25, -0.2) is 9.69 Å². The SMILES string of the molecule is Cc1cc(Br)ccc1N1C(=O)NC(=O)/C(=C/c2cc(Cl)ccc2OCc2ccccc2)C1=O. The predicted octanol–water partition coefficient (Wildman–Crippen LogP) is 5.66. The number of carbonyl (C=O) groups excluding carboxylic acids is 3. The largest absolute Gasteiger partial charge is 0.488 e. The number of anilines is 1. The zero-order chi connectivity index (χ0) is 23.5. The van der Waals surface area contributed by atoms with E-state index in [0.717, 1.165) is 14.9 Å². The minimum atomic E-state index is -0.806. The molecule has 33 heavy (non-hydrogen) atoms. The summed E-state index contributed by atoms with van der Waals surface area (Å²) in [7, 11) is 0. The van der Waals surface area contributed by atoms with Crippen LogP contribution in [-0.2, 0) is 16.2 Å². The van der Waals surface area contributed by atoms with E-state index in [-0.39, 0.29) is 5.57 Å². The average molecular weight is 526 g/mol. The number of halogens is 2. The Labute approximate surface area is 203 Å². The van der Waals surface area contributed by atoms with Gasteiger partial charge in [0.1, 0.15) is 17.9 Å². The first-order valence-electron chi connectivity index (χ1n) is 9.97. The lowest BCUT2D eigenvalue weighted by atomic mass is 10.0. The topological polar surface area (TPSA) is 75.7 Å². The number of ether oxygens (including phenoxy) is 1. The van der Waals surface area contributed by atoms with Gasteiger partial charge in [0, 0.05) is 15.1 Å². The van der Waals surface area contributed by atoms with Crippen molar-refractivity contribution in [2.24, 2.45) is 0 Å². The van der Waals surface area contributed by atoms with E-state index in [1.165, 1.54) is 6.08 Å². The molecule has 1 heterocycles. The predicted molar refractivity (Wildman–Crippen MR) is 130 cm³/mol. The molecule has 8 heteroatoms. The first-order chi connectivity index (χ1) is 15.8. The molecule has 0 atom stereocenters. The fourth-order valence-corrected chi connectivity index (χ4v) is 4.06. The van der Waals surface area contributed by atoms with Crippen LogP contribution < -0.4 is 15.0 Å². The van der Waals surface area contributed by atoms with Crippen LogP contribution in [-0.4, -0.2) is 17.8 Å². The van der Waals surface area contributed by atoms with Gasteiger partial charge in [-0.2, -0.15) is 0 Å². The minimum absolute atomic E-state index is 0.205. The molecular weight excluding hydrogens is 508 g/mol. The molecule has 1 fully saturated rings. The van der Waals surface area contributed by atoms with E-state index in [0.29, 0.717) is 34.2 Å². The van der Waals surface area contributed by atoms with Crippen LogP contribution in [0, 0.1) is 6.92 Å². The van der Waals surface area contributed by atoms with Gasteiger partial charge in [-0.1, -0.05) is 57.9 Å². The van der Waals surface area contributed by atoms with Crippen LogP contribution in [0.4, 0.5) is 10.5 Å². The number of imide groups is 2. The Morgan fingerprint density at radius 1 is 1.03 bits per heavy atom. The van der Waals surface area contributed by atoms with Crippen LogP contribution in [0.25, 0.3) is 6.08 Å². The third-order valence-corrected chi connectivity index (χ3v) is 5.74. The first-order valence-corrected chi connectivity index (χ1v) is 11.1. The maximum Gasteiger partial charge on any atom is 0.335 e. The van der Waals surface area contributed by atoms with Crippen molar-refractivity contribution in [3.05, 3.63) is 98.5 Å². The number of benzene rings is 3. The highest BCUT2D eigenvalue weighted by Gasteiger charge is 2.37. The van der Waals surface area contributed by atoms with Gasteiger partial charge >= 0.3 is 6.03 Å². The molecular formula is C25H18BrClN2O4. The van der Waals surface area contributed by atoms with Crippen molar-refractivity contribution in [3.8, 4) is 5.75 Å². The van der Waals surface area contributed by atoms with Gasteiger partial charge in [0.15, 0.2) is 0 Å². The molecule has 0 spiro atoms. The van der Waals surface area contributed by atoms with Crippen molar-refractivity contribution >= 4 is 57.1 Å². The number of aryl methyl sites for hydroxylation is 1. The molecule has 0 saturated carbocycles. The number of carbonyl (C=O) groups is 3. The first kappa shape index (κ1) is 22.8. The zero-order valence-electron chi connectivity index (χ0n) is 17.5. The molecule has 166 valence electrons. The lowest BCUT2D eigenvalue weighted by Gasteiger charge is -2.27. The summed E-state index contributed by atoms with van der Waals surface area (Å²) < 4.78 is 6.73. The number of amides is 4. The molecule has 1 aliphatic rings. The number of hydrogen-bond donors (Lipinski definition) is 1. The van der Waals surface area contributed by atoms with Crippen molar-refractivity contribution in [2.45, 2.75) is 13.5 Å². The number of nitrogens with one attached hydrogen (secondary N) is 1. The van der Waals surface area contributed by atoms with Crippen LogP contribution in [0.15, 0.2) is 76.8 Å². The summed E-state index contributed by atoms with van der Waals surface area (Å²) in [5.41, 5.74) is 2.27. The highest BCUT2D eigenvalue weighted by Crippen LogP contribution is 2.30. The fourth-order valence-electron chi connectivity index (χ4n) is 3.40. The van der Waals surface area contributed by atoms with Gasteiger partial charge in [-0.15, -0.1) is 0 Å². The van der Waals surface area contributed by atoms with Gasteiger partial charge in [0.05, 0.1) is 5.69 Å². The fraction of sp³-hybridized carbons (Fsp3) is 0.0800. The lowest BCUT2D eigenvalue weighted by Crippen LogP contribution is -2.54. The quantitative estimate of drug-likeness (QED) is 0.345. The number of urea groups is 1. The number of hydrogen-bond acceptors (Lipinski definition) is 4. The maximum absolute atomic E-state index is 13.3. The molecule has 4 amide bonds. The number of rotatable bonds is 5. The van der Waals surface area contributed by atoms with E-state index in [1.54, 1.807) is 43.3 Å². The van der Waals surface area contributed by atoms with E-state index in [9.17, 15) is 14.4 Å². The van der Waals surface area contributed by atoms with Gasteiger partial charge in [0.25, 0.3) is 11.8 Å². The van der Waals surface area contributed by atoms with E-state index in [2.05, 4.69) is 21.2 Å². The van der Waals surface area contributed by atoms with E-state index in [1.807, 2.05) is 30.3 Å². The van der Waals surface area contributed by atoms with E-state index < -0.39 is 17.8 Å². The molecule has 0 bridgehead atoms. The molecule has 0 radical (unpaired) electrons. The molecule has 0 aromatic heterocycles. The Balaban J connectivity index is 1.70. The van der Waals surface area contributed by atoms with Crippen molar-refractivity contribution in [1.82, 2.24) is 5.32 Å². The van der Waals surface area contributed by atoms with Gasteiger partial charge in [0.2, 0.25) is 0 Å². The Bertz CT molecular complexity index is 1290. The highest BCUT2D eigenvalue weighted by atomic mass is 79.9. The normalized spacial score (nSPS) is 15.1. The Kier molecular flexibility index (Phi) is 6.62. The average Bonchev–Trinajstić information content (AvgIpc) is 2.78. The molecule has 1 aliphatic heterocycles. The second-order valence-electron chi connectivity index (χ2n) is 7.35. The van der Waals surface area contributed by atoms with Crippen molar-refractivity contribution in [1.29, 1.82) is 0 Å². The summed E-state index contributed by atoms with van der Waals surface area (Å²) in [5.74, 6) is -1.08. The monoisotopic (exact) mass is 524 g/mol. The second kappa shape index (κ2) is 9.60. The van der Waals surface area contributed by atoms with Gasteiger partial charge in [-0.05, 0) is 60.5 Å². The van der Waals surface area contributed by atoms with Crippen molar-refractivity contribution < 1.29 is 19.1 Å². The molecule has 1 saturated heterocycles. The van der Waals surface area contributed by atoms with Crippen LogP contribution >= 0.6 is 27.5 Å². The van der Waals surface area contributed by atoms with Gasteiger partial charge < -0.3 is 4.74 Å². The zero-order valence-corrected chi connectivity index (χ0v) is 19.8. The number of nitrogens with zero attached hydrogens (tertiary/aromatic N) is 1. The van der Waals surface area contributed by atoms with E-state index in [4.69, 9.17) is 16.3 Å². The molecule has 0 aliphatic carbocycles. The molecule has 6 nitrogen and oxygen atoms in total.